The maximum Gasteiger partial charge on any atom is 0.338 e. The third-order valence-electron chi connectivity index (χ3n) is 3.41. The number of nitrogens with zero attached hydrogens (tertiary/aromatic N) is 4. The molecule has 0 saturated heterocycles. The third kappa shape index (κ3) is 3.81. The lowest BCUT2D eigenvalue weighted by Gasteiger charge is -2.07. The zero-order chi connectivity index (χ0) is 18.5. The number of benzene rings is 1. The van der Waals surface area contributed by atoms with Crippen molar-refractivity contribution >= 4 is 23.1 Å². The van der Waals surface area contributed by atoms with E-state index in [2.05, 4.69) is 15.2 Å². The fourth-order valence-electron chi connectivity index (χ4n) is 2.12. The number of hydrogen-bond acceptors (Lipinski definition) is 9. The molecule has 0 radical (unpaired) electrons. The molecule has 0 saturated carbocycles. The summed E-state index contributed by atoms with van der Waals surface area (Å²) in [5, 5.41) is 18.7. The first kappa shape index (κ1) is 17.4. The Bertz CT molecular complexity index is 958. The fourth-order valence-corrected chi connectivity index (χ4v) is 2.98. The van der Waals surface area contributed by atoms with Crippen LogP contribution in [0, 0.1) is 18.3 Å². The van der Waals surface area contributed by atoms with E-state index in [1.165, 1.54) is 29.9 Å². The minimum Gasteiger partial charge on any atom is -0.454 e. The predicted molar refractivity (Wildman–Crippen MR) is 90.2 cm³/mol. The van der Waals surface area contributed by atoms with Gasteiger partial charge in [-0.25, -0.2) is 9.78 Å². The molecule has 3 aromatic rings. The zero-order valence-electron chi connectivity index (χ0n) is 13.6. The highest BCUT2D eigenvalue weighted by Crippen LogP contribution is 2.21. The lowest BCUT2D eigenvalue weighted by molar-refractivity contribution is -0.122. The van der Waals surface area contributed by atoms with Gasteiger partial charge in [0.15, 0.2) is 18.3 Å². The first-order valence-corrected chi connectivity index (χ1v) is 8.34. The van der Waals surface area contributed by atoms with Gasteiger partial charge in [-0.05, 0) is 31.2 Å². The van der Waals surface area contributed by atoms with Crippen molar-refractivity contribution in [3.05, 3.63) is 52.3 Å². The van der Waals surface area contributed by atoms with Crippen LogP contribution in [0.15, 0.2) is 40.5 Å². The van der Waals surface area contributed by atoms with E-state index in [1.54, 1.807) is 24.4 Å². The monoisotopic (exact) mass is 368 g/mol. The maximum absolute atomic E-state index is 12.2. The van der Waals surface area contributed by atoms with Crippen molar-refractivity contribution in [1.82, 2.24) is 15.2 Å². The van der Waals surface area contributed by atoms with Crippen LogP contribution in [-0.4, -0.2) is 33.5 Å². The van der Waals surface area contributed by atoms with E-state index < -0.39 is 24.3 Å². The summed E-state index contributed by atoms with van der Waals surface area (Å²) in [4.78, 5) is 28.4. The molecule has 0 aliphatic rings. The molecule has 0 aliphatic carbocycles. The van der Waals surface area contributed by atoms with Crippen molar-refractivity contribution in [2.45, 2.75) is 12.8 Å². The van der Waals surface area contributed by atoms with Gasteiger partial charge in [0.2, 0.25) is 12.3 Å². The van der Waals surface area contributed by atoms with E-state index in [4.69, 9.17) is 9.15 Å². The number of rotatable bonds is 6. The lowest BCUT2D eigenvalue weighted by Crippen LogP contribution is -2.19. The van der Waals surface area contributed by atoms with Crippen LogP contribution in [0.5, 0.6) is 0 Å². The molecule has 0 amide bonds. The molecule has 130 valence electrons. The molecule has 8 nitrogen and oxygen atoms in total. The van der Waals surface area contributed by atoms with Crippen LogP contribution >= 0.6 is 11.3 Å². The van der Waals surface area contributed by atoms with Gasteiger partial charge in [-0.15, -0.1) is 21.5 Å². The number of carbonyl (C=O) groups is 2. The number of Topliss-reactive ketones (excluding diaryl/α,β-unsaturated/α-hetero) is 1. The Labute approximate surface area is 152 Å². The molecule has 2 aromatic heterocycles. The SMILES string of the molecule is Cc1csc([C@@H](C#N)C(=O)COC(=O)c2ccc(-c3nnco3)cc2)n1. The van der Waals surface area contributed by atoms with Gasteiger partial charge in [-0.1, -0.05) is 0 Å². The van der Waals surface area contributed by atoms with Crippen LogP contribution < -0.4 is 0 Å². The van der Waals surface area contributed by atoms with E-state index in [0.29, 0.717) is 16.5 Å². The van der Waals surface area contributed by atoms with Gasteiger partial charge >= 0.3 is 5.97 Å². The van der Waals surface area contributed by atoms with Gasteiger partial charge in [0.25, 0.3) is 0 Å². The fraction of sp³-hybridized carbons (Fsp3) is 0.176. The van der Waals surface area contributed by atoms with E-state index in [9.17, 15) is 14.9 Å². The van der Waals surface area contributed by atoms with Gasteiger partial charge in [0, 0.05) is 16.6 Å². The highest BCUT2D eigenvalue weighted by atomic mass is 32.1. The second kappa shape index (κ2) is 7.67. The Morgan fingerprint density at radius 3 is 2.69 bits per heavy atom. The quantitative estimate of drug-likeness (QED) is 0.609. The smallest absolute Gasteiger partial charge is 0.338 e. The van der Waals surface area contributed by atoms with Crippen LogP contribution in [0.25, 0.3) is 11.5 Å². The first-order valence-electron chi connectivity index (χ1n) is 7.46. The molecular formula is C17H12N4O4S. The molecule has 26 heavy (non-hydrogen) atoms. The van der Waals surface area contributed by atoms with Gasteiger partial charge in [-0.2, -0.15) is 5.26 Å². The van der Waals surface area contributed by atoms with Crippen LogP contribution in [0.4, 0.5) is 0 Å². The Morgan fingerprint density at radius 2 is 2.12 bits per heavy atom. The molecule has 0 fully saturated rings. The molecule has 3 rings (SSSR count). The average molecular weight is 368 g/mol. The van der Waals surface area contributed by atoms with Gasteiger partial charge in [0.1, 0.15) is 5.01 Å². The topological polar surface area (TPSA) is 119 Å². The third-order valence-corrected chi connectivity index (χ3v) is 4.44. The van der Waals surface area contributed by atoms with Crippen molar-refractivity contribution < 1.29 is 18.7 Å². The molecule has 2 heterocycles. The van der Waals surface area contributed by atoms with Crippen LogP contribution in [0.3, 0.4) is 0 Å². The number of esters is 1. The summed E-state index contributed by atoms with van der Waals surface area (Å²) < 4.78 is 10.1. The molecule has 1 aromatic carbocycles. The lowest BCUT2D eigenvalue weighted by atomic mass is 10.1. The number of hydrogen-bond donors (Lipinski definition) is 0. The summed E-state index contributed by atoms with van der Waals surface area (Å²) in [7, 11) is 0. The highest BCUT2D eigenvalue weighted by Gasteiger charge is 2.24. The summed E-state index contributed by atoms with van der Waals surface area (Å²) in [5.74, 6) is -1.89. The molecule has 0 unspecified atom stereocenters. The highest BCUT2D eigenvalue weighted by molar-refractivity contribution is 7.09. The molecule has 1 atom stereocenters. The van der Waals surface area contributed by atoms with Crippen molar-refractivity contribution in [2.75, 3.05) is 6.61 Å². The number of ether oxygens (including phenoxy) is 1. The standard InChI is InChI=1S/C17H12N4O4S/c1-10-8-26-16(20-10)13(6-18)14(22)7-24-17(23)12-4-2-11(3-5-12)15-21-19-9-25-15/h2-5,8-9,13H,7H2,1H3/t13-/m0/s1. The summed E-state index contributed by atoms with van der Waals surface area (Å²) >= 11 is 1.23. The number of nitriles is 1. The van der Waals surface area contributed by atoms with Gasteiger partial charge in [0.05, 0.1) is 11.6 Å². The number of carbonyl (C=O) groups excluding carboxylic acids is 2. The molecule has 0 N–H and O–H groups in total. The Morgan fingerprint density at radius 1 is 1.35 bits per heavy atom. The van der Waals surface area contributed by atoms with E-state index in [1.807, 2.05) is 6.07 Å². The van der Waals surface area contributed by atoms with E-state index >= 15 is 0 Å². The zero-order valence-corrected chi connectivity index (χ0v) is 14.4. The van der Waals surface area contributed by atoms with Crippen molar-refractivity contribution in [3.63, 3.8) is 0 Å². The number of ketones is 1. The Balaban J connectivity index is 1.61. The predicted octanol–water partition coefficient (Wildman–Crippen LogP) is 2.53. The van der Waals surface area contributed by atoms with Gasteiger partial charge < -0.3 is 9.15 Å². The van der Waals surface area contributed by atoms with E-state index in [0.717, 1.165) is 5.69 Å². The number of aromatic nitrogens is 3. The van der Waals surface area contributed by atoms with Crippen LogP contribution in [0.2, 0.25) is 0 Å². The minimum atomic E-state index is -1.04. The van der Waals surface area contributed by atoms with Crippen molar-refractivity contribution in [3.8, 4) is 17.5 Å². The summed E-state index contributed by atoms with van der Waals surface area (Å²) in [6, 6.07) is 8.21. The Kier molecular flexibility index (Phi) is 5.15. The van der Waals surface area contributed by atoms with E-state index in [-0.39, 0.29) is 5.56 Å². The first-order chi connectivity index (χ1) is 12.6. The number of thiazole rings is 1. The number of aryl methyl sites for hydroxylation is 1. The molecular weight excluding hydrogens is 356 g/mol. The Hall–Kier alpha value is -3.38. The van der Waals surface area contributed by atoms with Crippen LogP contribution in [-0.2, 0) is 9.53 Å². The largest absolute Gasteiger partial charge is 0.454 e. The molecule has 0 aliphatic heterocycles. The summed E-state index contributed by atoms with van der Waals surface area (Å²) in [5.41, 5.74) is 1.65. The molecule has 0 bridgehead atoms. The summed E-state index contributed by atoms with van der Waals surface area (Å²) in [6.07, 6.45) is 1.21. The molecule has 0 spiro atoms. The molecule has 9 heteroatoms. The second-order valence-corrected chi connectivity index (χ2v) is 6.14. The van der Waals surface area contributed by atoms with Crippen molar-refractivity contribution in [2.24, 2.45) is 0 Å². The maximum atomic E-state index is 12.2. The average Bonchev–Trinajstić information content (AvgIpc) is 3.32. The normalized spacial score (nSPS) is 11.5. The summed E-state index contributed by atoms with van der Waals surface area (Å²) in [6.45, 7) is 1.28. The van der Waals surface area contributed by atoms with Crippen molar-refractivity contribution in [1.29, 1.82) is 5.26 Å². The van der Waals surface area contributed by atoms with Crippen LogP contribution in [0.1, 0.15) is 27.0 Å². The minimum absolute atomic E-state index is 0.264. The second-order valence-electron chi connectivity index (χ2n) is 5.25. The van der Waals surface area contributed by atoms with Gasteiger partial charge in [-0.3, -0.25) is 4.79 Å².